The molecule has 0 saturated carbocycles. The number of carbonyl (C=O) groups is 3. The normalized spacial score (nSPS) is 14.0. The Morgan fingerprint density at radius 1 is 0.906 bits per heavy atom. The molecule has 1 aliphatic heterocycles. The molecule has 0 saturated heterocycles. The maximum atomic E-state index is 12.4. The molecule has 1 atom stereocenters. The van der Waals surface area contributed by atoms with Crippen molar-refractivity contribution in [2.45, 2.75) is 25.8 Å². The molecular formula is C26H26N2O3S. The Bertz CT molecular complexity index is 1130. The standard InChI is InChI=1S/C26H26N2O3S/c1-18(20-13-12-19-8-2-3-9-21(19)16-20)27-24(29)17-32-15-7-6-14-28-25(30)22-10-4-5-11-23(22)26(28)31/h2-5,8-13,16,18H,6-7,14-15,17H2,1H3,(H,27,29). The number of hydrogen-bond donors (Lipinski definition) is 1. The van der Waals surface area contributed by atoms with Crippen LogP contribution in [0, 0.1) is 0 Å². The van der Waals surface area contributed by atoms with Crippen molar-refractivity contribution in [2.75, 3.05) is 18.1 Å². The largest absolute Gasteiger partial charge is 0.349 e. The maximum Gasteiger partial charge on any atom is 0.261 e. The zero-order valence-electron chi connectivity index (χ0n) is 18.0. The van der Waals surface area contributed by atoms with E-state index in [0.29, 0.717) is 23.4 Å². The highest BCUT2D eigenvalue weighted by molar-refractivity contribution is 7.99. The molecule has 1 aliphatic rings. The van der Waals surface area contributed by atoms with Gasteiger partial charge >= 0.3 is 0 Å². The van der Waals surface area contributed by atoms with Crippen LogP contribution in [0.15, 0.2) is 66.7 Å². The van der Waals surface area contributed by atoms with Gasteiger partial charge in [0.25, 0.3) is 11.8 Å². The molecule has 4 rings (SSSR count). The maximum absolute atomic E-state index is 12.4. The summed E-state index contributed by atoms with van der Waals surface area (Å²) < 4.78 is 0. The Hall–Kier alpha value is -3.12. The second kappa shape index (κ2) is 10.0. The van der Waals surface area contributed by atoms with E-state index in [1.165, 1.54) is 15.7 Å². The molecule has 164 valence electrons. The molecule has 3 aromatic rings. The van der Waals surface area contributed by atoms with Crippen molar-refractivity contribution in [1.82, 2.24) is 10.2 Å². The van der Waals surface area contributed by atoms with Gasteiger partial charge in [0.15, 0.2) is 0 Å². The summed E-state index contributed by atoms with van der Waals surface area (Å²) in [6.07, 6.45) is 1.57. The number of thioether (sulfide) groups is 1. The van der Waals surface area contributed by atoms with Crippen molar-refractivity contribution in [3.8, 4) is 0 Å². The van der Waals surface area contributed by atoms with E-state index in [9.17, 15) is 14.4 Å². The Morgan fingerprint density at radius 3 is 2.28 bits per heavy atom. The summed E-state index contributed by atoms with van der Waals surface area (Å²) in [7, 11) is 0. The van der Waals surface area contributed by atoms with E-state index in [-0.39, 0.29) is 23.8 Å². The molecule has 0 aromatic heterocycles. The van der Waals surface area contributed by atoms with Gasteiger partial charge in [-0.05, 0) is 60.1 Å². The fraction of sp³-hybridized carbons (Fsp3) is 0.269. The number of nitrogens with one attached hydrogen (secondary N) is 1. The number of fused-ring (bicyclic) bond motifs is 2. The van der Waals surface area contributed by atoms with Gasteiger partial charge in [0.2, 0.25) is 5.91 Å². The van der Waals surface area contributed by atoms with Crippen LogP contribution in [-0.4, -0.2) is 40.7 Å². The first-order chi connectivity index (χ1) is 15.5. The lowest BCUT2D eigenvalue weighted by molar-refractivity contribution is -0.119. The highest BCUT2D eigenvalue weighted by Gasteiger charge is 2.34. The number of amides is 3. The molecule has 6 heteroatoms. The summed E-state index contributed by atoms with van der Waals surface area (Å²) in [6.45, 7) is 2.41. The SMILES string of the molecule is CC(NC(=O)CSCCCCN1C(=O)c2ccccc2C1=O)c1ccc2ccccc2c1. The van der Waals surface area contributed by atoms with Gasteiger partial charge in [-0.15, -0.1) is 0 Å². The van der Waals surface area contributed by atoms with Gasteiger partial charge in [0.05, 0.1) is 22.9 Å². The van der Waals surface area contributed by atoms with Gasteiger partial charge in [-0.1, -0.05) is 48.5 Å². The van der Waals surface area contributed by atoms with Crippen LogP contribution in [0.1, 0.15) is 52.1 Å². The minimum absolute atomic E-state index is 0.0102. The summed E-state index contributed by atoms with van der Waals surface area (Å²) in [4.78, 5) is 38.4. The second-order valence-corrected chi connectivity index (χ2v) is 9.07. The molecule has 0 spiro atoms. The predicted molar refractivity (Wildman–Crippen MR) is 129 cm³/mol. The van der Waals surface area contributed by atoms with Crippen LogP contribution in [0.2, 0.25) is 0 Å². The van der Waals surface area contributed by atoms with E-state index in [2.05, 4.69) is 35.6 Å². The number of hydrogen-bond acceptors (Lipinski definition) is 4. The van der Waals surface area contributed by atoms with Crippen molar-refractivity contribution in [3.63, 3.8) is 0 Å². The van der Waals surface area contributed by atoms with Crippen LogP contribution >= 0.6 is 11.8 Å². The number of rotatable bonds is 9. The molecule has 3 aromatic carbocycles. The summed E-state index contributed by atoms with van der Waals surface area (Å²) in [6, 6.07) is 21.3. The number of unbranched alkanes of at least 4 members (excludes halogenated alkanes) is 1. The molecular weight excluding hydrogens is 420 g/mol. The average molecular weight is 447 g/mol. The summed E-state index contributed by atoms with van der Waals surface area (Å²) >= 11 is 1.57. The van der Waals surface area contributed by atoms with Gasteiger partial charge in [-0.3, -0.25) is 19.3 Å². The Morgan fingerprint density at radius 2 is 1.56 bits per heavy atom. The fourth-order valence-corrected chi connectivity index (χ4v) is 4.75. The van der Waals surface area contributed by atoms with Gasteiger partial charge in [-0.25, -0.2) is 0 Å². The summed E-state index contributed by atoms with van der Waals surface area (Å²) in [5, 5.41) is 5.41. The fourth-order valence-electron chi connectivity index (χ4n) is 3.92. The van der Waals surface area contributed by atoms with Crippen LogP contribution in [0.3, 0.4) is 0 Å². The lowest BCUT2D eigenvalue weighted by atomic mass is 10.0. The van der Waals surface area contributed by atoms with Crippen molar-refractivity contribution in [3.05, 3.63) is 83.4 Å². The van der Waals surface area contributed by atoms with Crippen LogP contribution in [0.25, 0.3) is 10.8 Å². The molecule has 1 N–H and O–H groups in total. The van der Waals surface area contributed by atoms with E-state index in [0.717, 1.165) is 24.2 Å². The predicted octanol–water partition coefficient (Wildman–Crippen LogP) is 4.83. The van der Waals surface area contributed by atoms with Gasteiger partial charge in [0.1, 0.15) is 0 Å². The third-order valence-corrected chi connectivity index (χ3v) is 6.73. The van der Waals surface area contributed by atoms with E-state index < -0.39 is 0 Å². The monoisotopic (exact) mass is 446 g/mol. The lowest BCUT2D eigenvalue weighted by Crippen LogP contribution is -2.30. The van der Waals surface area contributed by atoms with E-state index >= 15 is 0 Å². The third-order valence-electron chi connectivity index (χ3n) is 5.68. The van der Waals surface area contributed by atoms with Crippen LogP contribution in [0.4, 0.5) is 0 Å². The number of benzene rings is 3. The van der Waals surface area contributed by atoms with Crippen molar-refractivity contribution >= 4 is 40.3 Å². The molecule has 32 heavy (non-hydrogen) atoms. The van der Waals surface area contributed by atoms with Crippen LogP contribution in [-0.2, 0) is 4.79 Å². The van der Waals surface area contributed by atoms with Gasteiger partial charge in [0, 0.05) is 6.54 Å². The van der Waals surface area contributed by atoms with Gasteiger partial charge < -0.3 is 5.32 Å². The van der Waals surface area contributed by atoms with E-state index in [4.69, 9.17) is 0 Å². The molecule has 0 bridgehead atoms. The smallest absolute Gasteiger partial charge is 0.261 e. The first-order valence-corrected chi connectivity index (χ1v) is 12.0. The Balaban J connectivity index is 1.16. The number of imide groups is 1. The highest BCUT2D eigenvalue weighted by Crippen LogP contribution is 2.23. The van der Waals surface area contributed by atoms with E-state index in [1.807, 2.05) is 19.1 Å². The molecule has 0 fully saturated rings. The molecule has 5 nitrogen and oxygen atoms in total. The number of nitrogens with zero attached hydrogens (tertiary/aromatic N) is 1. The first kappa shape index (κ1) is 22.1. The average Bonchev–Trinajstić information content (AvgIpc) is 3.05. The summed E-state index contributed by atoms with van der Waals surface area (Å²) in [5.41, 5.74) is 2.07. The zero-order chi connectivity index (χ0) is 22.5. The molecule has 3 amide bonds. The molecule has 0 radical (unpaired) electrons. The summed E-state index contributed by atoms with van der Waals surface area (Å²) in [5.74, 6) is 0.794. The molecule has 1 heterocycles. The Labute approximate surface area is 192 Å². The minimum atomic E-state index is -0.208. The van der Waals surface area contributed by atoms with Crippen molar-refractivity contribution in [1.29, 1.82) is 0 Å². The zero-order valence-corrected chi connectivity index (χ0v) is 18.9. The lowest BCUT2D eigenvalue weighted by Gasteiger charge is -2.15. The van der Waals surface area contributed by atoms with Crippen LogP contribution < -0.4 is 5.32 Å². The van der Waals surface area contributed by atoms with Crippen molar-refractivity contribution in [2.24, 2.45) is 0 Å². The minimum Gasteiger partial charge on any atom is -0.349 e. The van der Waals surface area contributed by atoms with Crippen LogP contribution in [0.5, 0.6) is 0 Å². The molecule has 0 aliphatic carbocycles. The molecule has 1 unspecified atom stereocenters. The van der Waals surface area contributed by atoms with E-state index in [1.54, 1.807) is 36.0 Å². The Kier molecular flexibility index (Phi) is 6.90. The number of carbonyl (C=O) groups excluding carboxylic acids is 3. The van der Waals surface area contributed by atoms with Gasteiger partial charge in [-0.2, -0.15) is 11.8 Å². The topological polar surface area (TPSA) is 66.5 Å². The quantitative estimate of drug-likeness (QED) is 0.378. The second-order valence-electron chi connectivity index (χ2n) is 7.96. The van der Waals surface area contributed by atoms with Crippen molar-refractivity contribution < 1.29 is 14.4 Å². The third kappa shape index (κ3) is 4.86. The first-order valence-electron chi connectivity index (χ1n) is 10.9. The highest BCUT2D eigenvalue weighted by atomic mass is 32.2.